The van der Waals surface area contributed by atoms with E-state index < -0.39 is 0 Å². The largest absolute Gasteiger partial charge is 0.354 e. The summed E-state index contributed by atoms with van der Waals surface area (Å²) in [7, 11) is 1.83. The smallest absolute Gasteiger partial charge is 0.247 e. The van der Waals surface area contributed by atoms with Crippen molar-refractivity contribution >= 4 is 5.91 Å². The lowest BCUT2D eigenvalue weighted by atomic mass is 10.1. The summed E-state index contributed by atoms with van der Waals surface area (Å²) >= 11 is 0. The molecule has 3 aromatic rings. The second-order valence-corrected chi connectivity index (χ2v) is 5.32. The van der Waals surface area contributed by atoms with Crippen molar-refractivity contribution in [2.75, 3.05) is 6.54 Å². The predicted octanol–water partition coefficient (Wildman–Crippen LogP) is 1.56. The van der Waals surface area contributed by atoms with E-state index in [0.717, 1.165) is 11.4 Å². The van der Waals surface area contributed by atoms with Crippen molar-refractivity contribution in [3.8, 4) is 0 Å². The van der Waals surface area contributed by atoms with E-state index in [0.29, 0.717) is 13.0 Å². The number of benzene rings is 1. The molecule has 0 aliphatic heterocycles. The fraction of sp³-hybridized carbons (Fsp3) is 0.235. The molecule has 6 heteroatoms. The molecule has 0 unspecified atom stereocenters. The minimum Gasteiger partial charge on any atom is -0.354 e. The number of carbonyl (C=O) groups is 1. The van der Waals surface area contributed by atoms with Gasteiger partial charge < -0.3 is 9.88 Å². The van der Waals surface area contributed by atoms with Crippen molar-refractivity contribution in [2.24, 2.45) is 7.05 Å². The van der Waals surface area contributed by atoms with Crippen LogP contribution in [0, 0.1) is 0 Å². The van der Waals surface area contributed by atoms with Crippen molar-refractivity contribution in [3.05, 3.63) is 72.6 Å². The van der Waals surface area contributed by atoms with E-state index in [1.54, 1.807) is 11.0 Å². The van der Waals surface area contributed by atoms with Gasteiger partial charge in [0.1, 0.15) is 12.4 Å². The Morgan fingerprint density at radius 2 is 1.91 bits per heavy atom. The minimum atomic E-state index is -0.372. The molecule has 1 atom stereocenters. The monoisotopic (exact) mass is 309 g/mol. The first-order chi connectivity index (χ1) is 11.2. The Morgan fingerprint density at radius 3 is 2.57 bits per heavy atom. The Balaban J connectivity index is 1.68. The van der Waals surface area contributed by atoms with Crippen molar-refractivity contribution in [1.29, 1.82) is 0 Å². The summed E-state index contributed by atoms with van der Waals surface area (Å²) in [6, 6.07) is 13.2. The number of nitrogens with zero attached hydrogens (tertiary/aromatic N) is 4. The first-order valence-corrected chi connectivity index (χ1v) is 7.53. The molecule has 0 saturated carbocycles. The maximum Gasteiger partial charge on any atom is 0.247 e. The van der Waals surface area contributed by atoms with Gasteiger partial charge in [-0.2, -0.15) is 5.10 Å². The predicted molar refractivity (Wildman–Crippen MR) is 86.7 cm³/mol. The molecule has 1 aromatic carbocycles. The first kappa shape index (κ1) is 15.0. The number of hydrogen-bond donors (Lipinski definition) is 1. The number of aryl methyl sites for hydroxylation is 1. The fourth-order valence-corrected chi connectivity index (χ4v) is 2.51. The van der Waals surface area contributed by atoms with Crippen LogP contribution in [-0.2, 0) is 18.3 Å². The average molecular weight is 309 g/mol. The molecule has 2 heterocycles. The van der Waals surface area contributed by atoms with E-state index in [1.165, 1.54) is 0 Å². The summed E-state index contributed by atoms with van der Waals surface area (Å²) in [6.07, 6.45) is 6.07. The molecule has 3 rings (SSSR count). The van der Waals surface area contributed by atoms with E-state index in [-0.39, 0.29) is 11.9 Å². The summed E-state index contributed by atoms with van der Waals surface area (Å²) in [5.41, 5.74) is 0.956. The lowest BCUT2D eigenvalue weighted by Gasteiger charge is -2.19. The van der Waals surface area contributed by atoms with Gasteiger partial charge in [-0.1, -0.05) is 30.3 Å². The van der Waals surface area contributed by atoms with Gasteiger partial charge in [0.25, 0.3) is 0 Å². The number of aromatic nitrogens is 4. The molecular formula is C17H19N5O. The van der Waals surface area contributed by atoms with E-state index >= 15 is 0 Å². The molecule has 1 amide bonds. The SMILES string of the molecule is Cn1cnc(CCNC(=O)[C@@H](c2ccccc2)n2cccc2)n1. The molecule has 0 fully saturated rings. The van der Waals surface area contributed by atoms with Crippen LogP contribution in [0.25, 0.3) is 0 Å². The summed E-state index contributed by atoms with van der Waals surface area (Å²) in [5.74, 6) is 0.688. The molecule has 118 valence electrons. The Bertz CT molecular complexity index is 748. The van der Waals surface area contributed by atoms with Gasteiger partial charge in [0, 0.05) is 32.4 Å². The van der Waals surface area contributed by atoms with Crippen LogP contribution >= 0.6 is 0 Å². The molecule has 1 N–H and O–H groups in total. The van der Waals surface area contributed by atoms with Gasteiger partial charge in [0.05, 0.1) is 0 Å². The van der Waals surface area contributed by atoms with Crippen LogP contribution in [0.2, 0.25) is 0 Å². The molecule has 0 radical (unpaired) electrons. The Hall–Kier alpha value is -2.89. The number of nitrogens with one attached hydrogen (secondary N) is 1. The Morgan fingerprint density at radius 1 is 1.17 bits per heavy atom. The van der Waals surface area contributed by atoms with Crippen molar-refractivity contribution in [2.45, 2.75) is 12.5 Å². The fourth-order valence-electron chi connectivity index (χ4n) is 2.51. The van der Waals surface area contributed by atoms with Crippen LogP contribution in [0.1, 0.15) is 17.4 Å². The minimum absolute atomic E-state index is 0.0386. The van der Waals surface area contributed by atoms with Gasteiger partial charge in [-0.25, -0.2) is 4.98 Å². The van der Waals surface area contributed by atoms with Gasteiger partial charge >= 0.3 is 0 Å². The third kappa shape index (κ3) is 3.66. The molecule has 0 aliphatic carbocycles. The van der Waals surface area contributed by atoms with Crippen molar-refractivity contribution in [1.82, 2.24) is 24.6 Å². The zero-order valence-corrected chi connectivity index (χ0v) is 13.0. The summed E-state index contributed by atoms with van der Waals surface area (Å²) in [4.78, 5) is 16.8. The second kappa shape index (κ2) is 6.91. The number of carbonyl (C=O) groups excluding carboxylic acids is 1. The first-order valence-electron chi connectivity index (χ1n) is 7.53. The van der Waals surface area contributed by atoms with Gasteiger partial charge in [0.15, 0.2) is 5.82 Å². The van der Waals surface area contributed by atoms with Gasteiger partial charge in [-0.15, -0.1) is 0 Å². The van der Waals surface area contributed by atoms with Crippen LogP contribution < -0.4 is 5.32 Å². The molecule has 23 heavy (non-hydrogen) atoms. The number of rotatable bonds is 6. The molecule has 0 spiro atoms. The Kier molecular flexibility index (Phi) is 4.52. The molecule has 6 nitrogen and oxygen atoms in total. The van der Waals surface area contributed by atoms with Crippen molar-refractivity contribution < 1.29 is 4.79 Å². The lowest BCUT2D eigenvalue weighted by molar-refractivity contribution is -0.123. The quantitative estimate of drug-likeness (QED) is 0.751. The van der Waals surface area contributed by atoms with E-state index in [9.17, 15) is 4.79 Å². The molecule has 0 saturated heterocycles. The van der Waals surface area contributed by atoms with Crippen molar-refractivity contribution in [3.63, 3.8) is 0 Å². The topological polar surface area (TPSA) is 64.7 Å². The third-order valence-electron chi connectivity index (χ3n) is 3.58. The molecular weight excluding hydrogens is 290 g/mol. The molecule has 2 aromatic heterocycles. The summed E-state index contributed by atoms with van der Waals surface area (Å²) in [6.45, 7) is 0.507. The lowest BCUT2D eigenvalue weighted by Crippen LogP contribution is -2.34. The van der Waals surface area contributed by atoms with E-state index in [1.807, 2.05) is 66.5 Å². The van der Waals surface area contributed by atoms with Gasteiger partial charge in [0.2, 0.25) is 5.91 Å². The van der Waals surface area contributed by atoms with Crippen LogP contribution in [0.15, 0.2) is 61.2 Å². The normalized spacial score (nSPS) is 12.0. The highest BCUT2D eigenvalue weighted by Crippen LogP contribution is 2.18. The maximum atomic E-state index is 12.7. The number of amides is 1. The van der Waals surface area contributed by atoms with Crippen LogP contribution in [-0.4, -0.2) is 31.8 Å². The summed E-state index contributed by atoms with van der Waals surface area (Å²) in [5, 5.41) is 7.19. The van der Waals surface area contributed by atoms with Gasteiger partial charge in [-0.05, 0) is 17.7 Å². The van der Waals surface area contributed by atoms with E-state index in [2.05, 4.69) is 15.4 Å². The summed E-state index contributed by atoms with van der Waals surface area (Å²) < 4.78 is 3.56. The highest BCUT2D eigenvalue weighted by molar-refractivity contribution is 5.83. The zero-order chi connectivity index (χ0) is 16.1. The van der Waals surface area contributed by atoms with Gasteiger partial charge in [-0.3, -0.25) is 9.48 Å². The Labute approximate surface area is 134 Å². The third-order valence-corrected chi connectivity index (χ3v) is 3.58. The molecule has 0 aliphatic rings. The van der Waals surface area contributed by atoms with Crippen LogP contribution in [0.4, 0.5) is 0 Å². The standard InChI is InChI=1S/C17H19N5O/c1-21-13-19-15(20-21)9-10-18-17(23)16(22-11-5-6-12-22)14-7-3-2-4-8-14/h2-8,11-13,16H,9-10H2,1H3,(H,18,23)/t16-/m1/s1. The average Bonchev–Trinajstić information content (AvgIpc) is 3.21. The second-order valence-electron chi connectivity index (χ2n) is 5.32. The highest BCUT2D eigenvalue weighted by atomic mass is 16.2. The van der Waals surface area contributed by atoms with Crippen LogP contribution in [0.5, 0.6) is 0 Å². The van der Waals surface area contributed by atoms with Crippen LogP contribution in [0.3, 0.4) is 0 Å². The maximum absolute atomic E-state index is 12.7. The zero-order valence-electron chi connectivity index (χ0n) is 13.0. The van der Waals surface area contributed by atoms with E-state index in [4.69, 9.17) is 0 Å². The highest BCUT2D eigenvalue weighted by Gasteiger charge is 2.21. The number of hydrogen-bond acceptors (Lipinski definition) is 3. The molecule has 0 bridgehead atoms.